The number of phenols is 1. The number of fused-ring (bicyclic) bond motifs is 3. The first-order chi connectivity index (χ1) is 9.84. The minimum Gasteiger partial charge on any atom is -0.506 e. The standard InChI is InChI=1S/C18H12OS/c19-17-13(12-6-2-1-3-7-12)10-11-15-14-8-4-5-9-16(14)20-18(15)17/h1-11,19H. The Morgan fingerprint density at radius 1 is 0.700 bits per heavy atom. The minimum absolute atomic E-state index is 0.384. The average molecular weight is 276 g/mol. The lowest BCUT2D eigenvalue weighted by Gasteiger charge is -2.05. The van der Waals surface area contributed by atoms with Gasteiger partial charge < -0.3 is 5.11 Å². The summed E-state index contributed by atoms with van der Waals surface area (Å²) in [5.41, 5.74) is 1.94. The quantitative estimate of drug-likeness (QED) is 0.491. The van der Waals surface area contributed by atoms with Gasteiger partial charge in [0, 0.05) is 21.0 Å². The van der Waals surface area contributed by atoms with Gasteiger partial charge in [-0.1, -0.05) is 54.6 Å². The first-order valence-corrected chi connectivity index (χ1v) is 7.35. The van der Waals surface area contributed by atoms with E-state index in [0.29, 0.717) is 5.75 Å². The van der Waals surface area contributed by atoms with Crippen molar-refractivity contribution in [2.45, 2.75) is 0 Å². The van der Waals surface area contributed by atoms with Gasteiger partial charge in [0.1, 0.15) is 5.75 Å². The molecule has 96 valence electrons. The predicted molar refractivity (Wildman–Crippen MR) is 86.4 cm³/mol. The van der Waals surface area contributed by atoms with Crippen molar-refractivity contribution in [2.24, 2.45) is 0 Å². The summed E-state index contributed by atoms with van der Waals surface area (Å²) < 4.78 is 2.18. The molecule has 0 aliphatic carbocycles. The number of rotatable bonds is 1. The zero-order chi connectivity index (χ0) is 13.5. The molecule has 0 bridgehead atoms. The normalized spacial score (nSPS) is 11.2. The fourth-order valence-electron chi connectivity index (χ4n) is 2.63. The van der Waals surface area contributed by atoms with E-state index >= 15 is 0 Å². The highest BCUT2D eigenvalue weighted by molar-refractivity contribution is 7.26. The molecule has 3 aromatic carbocycles. The maximum absolute atomic E-state index is 10.6. The molecule has 0 amide bonds. The smallest absolute Gasteiger partial charge is 0.141 e. The Bertz CT molecular complexity index is 907. The summed E-state index contributed by atoms with van der Waals surface area (Å²) >= 11 is 1.65. The second-order valence-corrected chi connectivity index (χ2v) is 5.85. The molecule has 0 aliphatic heterocycles. The number of benzene rings is 3. The fraction of sp³-hybridized carbons (Fsp3) is 0. The summed E-state index contributed by atoms with van der Waals surface area (Å²) in [5, 5.41) is 13.0. The number of aromatic hydroxyl groups is 1. The molecule has 0 fully saturated rings. The molecule has 1 N–H and O–H groups in total. The Labute approximate surface area is 120 Å². The summed E-state index contributed by atoms with van der Waals surface area (Å²) in [7, 11) is 0. The Morgan fingerprint density at radius 3 is 2.30 bits per heavy atom. The summed E-state index contributed by atoms with van der Waals surface area (Å²) in [5.74, 6) is 0.384. The molecule has 4 aromatic rings. The summed E-state index contributed by atoms with van der Waals surface area (Å²) in [6.07, 6.45) is 0. The predicted octanol–water partition coefficient (Wildman–Crippen LogP) is 5.43. The van der Waals surface area contributed by atoms with Crippen LogP contribution in [0.2, 0.25) is 0 Å². The number of phenolic OH excluding ortho intramolecular Hbond substituents is 1. The molecule has 2 heteroatoms. The van der Waals surface area contributed by atoms with E-state index in [2.05, 4.69) is 18.2 Å². The van der Waals surface area contributed by atoms with Gasteiger partial charge >= 0.3 is 0 Å². The molecule has 0 spiro atoms. The van der Waals surface area contributed by atoms with Crippen LogP contribution in [0, 0.1) is 0 Å². The Kier molecular flexibility index (Phi) is 2.51. The van der Waals surface area contributed by atoms with Crippen LogP contribution in [0.15, 0.2) is 66.7 Å². The van der Waals surface area contributed by atoms with Crippen molar-refractivity contribution in [3.8, 4) is 16.9 Å². The third kappa shape index (κ3) is 1.62. The van der Waals surface area contributed by atoms with E-state index in [9.17, 15) is 5.11 Å². The van der Waals surface area contributed by atoms with Gasteiger partial charge in [0.2, 0.25) is 0 Å². The zero-order valence-electron chi connectivity index (χ0n) is 10.7. The van der Waals surface area contributed by atoms with Crippen molar-refractivity contribution in [1.29, 1.82) is 0 Å². The van der Waals surface area contributed by atoms with Crippen molar-refractivity contribution in [3.63, 3.8) is 0 Å². The van der Waals surface area contributed by atoms with Crippen LogP contribution in [0.3, 0.4) is 0 Å². The van der Waals surface area contributed by atoms with Crippen molar-refractivity contribution in [3.05, 3.63) is 66.7 Å². The third-order valence-corrected chi connectivity index (χ3v) is 4.80. The SMILES string of the molecule is Oc1c(-c2ccccc2)ccc2c1sc1ccccc12. The second-order valence-electron chi connectivity index (χ2n) is 4.80. The van der Waals surface area contributed by atoms with Crippen LogP contribution in [0.5, 0.6) is 5.75 Å². The molecule has 1 nitrogen and oxygen atoms in total. The number of hydrogen-bond acceptors (Lipinski definition) is 2. The molecule has 1 heterocycles. The maximum atomic E-state index is 10.6. The first-order valence-electron chi connectivity index (χ1n) is 6.53. The fourth-order valence-corrected chi connectivity index (χ4v) is 3.77. The minimum atomic E-state index is 0.384. The molecule has 0 saturated heterocycles. The maximum Gasteiger partial charge on any atom is 0.141 e. The lowest BCUT2D eigenvalue weighted by atomic mass is 10.0. The molecule has 1 aromatic heterocycles. The highest BCUT2D eigenvalue weighted by Crippen LogP contribution is 2.43. The van der Waals surface area contributed by atoms with Crippen molar-refractivity contribution >= 4 is 31.5 Å². The number of thiophene rings is 1. The molecule has 20 heavy (non-hydrogen) atoms. The van der Waals surface area contributed by atoms with Crippen LogP contribution in [-0.4, -0.2) is 5.11 Å². The second kappa shape index (κ2) is 4.36. The average Bonchev–Trinajstić information content (AvgIpc) is 2.88. The van der Waals surface area contributed by atoms with Crippen LogP contribution in [0.25, 0.3) is 31.3 Å². The summed E-state index contributed by atoms with van der Waals surface area (Å²) in [6.45, 7) is 0. The van der Waals surface area contributed by atoms with Crippen LogP contribution in [-0.2, 0) is 0 Å². The van der Waals surface area contributed by atoms with Gasteiger partial charge in [0.05, 0.1) is 4.70 Å². The lowest BCUT2D eigenvalue weighted by Crippen LogP contribution is -1.78. The van der Waals surface area contributed by atoms with Gasteiger partial charge in [-0.25, -0.2) is 0 Å². The van der Waals surface area contributed by atoms with Crippen LogP contribution in [0.4, 0.5) is 0 Å². The molecular formula is C18H12OS. The van der Waals surface area contributed by atoms with Gasteiger partial charge in [-0.05, 0) is 17.7 Å². The van der Waals surface area contributed by atoms with E-state index in [4.69, 9.17) is 0 Å². The Balaban J connectivity index is 2.07. The van der Waals surface area contributed by atoms with E-state index in [1.165, 1.54) is 10.1 Å². The molecule has 0 atom stereocenters. The highest BCUT2D eigenvalue weighted by atomic mass is 32.1. The van der Waals surface area contributed by atoms with E-state index in [-0.39, 0.29) is 0 Å². The highest BCUT2D eigenvalue weighted by Gasteiger charge is 2.12. The van der Waals surface area contributed by atoms with Crippen LogP contribution >= 0.6 is 11.3 Å². The molecular weight excluding hydrogens is 264 g/mol. The summed E-state index contributed by atoms with van der Waals surface area (Å²) in [4.78, 5) is 0. The lowest BCUT2D eigenvalue weighted by molar-refractivity contribution is 0.484. The zero-order valence-corrected chi connectivity index (χ0v) is 11.5. The van der Waals surface area contributed by atoms with Gasteiger partial charge in [-0.2, -0.15) is 0 Å². The molecule has 0 saturated carbocycles. The van der Waals surface area contributed by atoms with Crippen molar-refractivity contribution < 1.29 is 5.11 Å². The van der Waals surface area contributed by atoms with Crippen LogP contribution < -0.4 is 0 Å². The van der Waals surface area contributed by atoms with Gasteiger partial charge in [-0.3, -0.25) is 0 Å². The number of hydrogen-bond donors (Lipinski definition) is 1. The van der Waals surface area contributed by atoms with E-state index in [0.717, 1.165) is 21.2 Å². The Hall–Kier alpha value is -2.32. The largest absolute Gasteiger partial charge is 0.506 e. The molecule has 0 unspecified atom stereocenters. The van der Waals surface area contributed by atoms with Gasteiger partial charge in [0.25, 0.3) is 0 Å². The third-order valence-electron chi connectivity index (χ3n) is 3.61. The van der Waals surface area contributed by atoms with Gasteiger partial charge in [-0.15, -0.1) is 11.3 Å². The topological polar surface area (TPSA) is 20.2 Å². The Morgan fingerprint density at radius 2 is 1.45 bits per heavy atom. The van der Waals surface area contributed by atoms with Crippen molar-refractivity contribution in [2.75, 3.05) is 0 Å². The molecule has 0 radical (unpaired) electrons. The molecule has 0 aliphatic rings. The van der Waals surface area contributed by atoms with E-state index < -0.39 is 0 Å². The van der Waals surface area contributed by atoms with Crippen molar-refractivity contribution in [1.82, 2.24) is 0 Å². The monoisotopic (exact) mass is 276 g/mol. The summed E-state index contributed by atoms with van der Waals surface area (Å²) in [6, 6.07) is 22.4. The van der Waals surface area contributed by atoms with E-state index in [1.807, 2.05) is 48.5 Å². The van der Waals surface area contributed by atoms with E-state index in [1.54, 1.807) is 11.3 Å². The first kappa shape index (κ1) is 11.5. The van der Waals surface area contributed by atoms with Crippen LogP contribution in [0.1, 0.15) is 0 Å². The molecule has 4 rings (SSSR count). The van der Waals surface area contributed by atoms with Gasteiger partial charge in [0.15, 0.2) is 0 Å².